The van der Waals surface area contributed by atoms with Crippen LogP contribution in [0.25, 0.3) is 5.69 Å². The Bertz CT molecular complexity index is 782. The van der Waals surface area contributed by atoms with E-state index in [-0.39, 0.29) is 5.41 Å². The molecular weight excluding hydrogens is 270 g/mol. The summed E-state index contributed by atoms with van der Waals surface area (Å²) in [4.78, 5) is 25.3. The van der Waals surface area contributed by atoms with Crippen LogP contribution < -0.4 is 21.7 Å². The third-order valence-corrected chi connectivity index (χ3v) is 3.22. The van der Waals surface area contributed by atoms with Gasteiger partial charge in [-0.15, -0.1) is 0 Å². The number of hydrogen-bond acceptors (Lipinski definition) is 4. The highest BCUT2D eigenvalue weighted by Crippen LogP contribution is 2.37. The quantitative estimate of drug-likeness (QED) is 0.818. The van der Waals surface area contributed by atoms with Gasteiger partial charge in [0.15, 0.2) is 0 Å². The molecule has 2 aromatic rings. The molecule has 6 heteroatoms. The van der Waals surface area contributed by atoms with Gasteiger partial charge in [-0.05, 0) is 17.5 Å². The Hall–Kier alpha value is -2.50. The number of nitrogens with zero attached hydrogens (tertiary/aromatic N) is 1. The lowest BCUT2D eigenvalue weighted by Crippen LogP contribution is -2.28. The Morgan fingerprint density at radius 2 is 1.90 bits per heavy atom. The van der Waals surface area contributed by atoms with Crippen LogP contribution in [0.1, 0.15) is 26.3 Å². The van der Waals surface area contributed by atoms with Crippen molar-refractivity contribution in [2.75, 3.05) is 12.8 Å². The molecule has 2 rings (SSSR count). The number of nitrogens with two attached hydrogens (primary N) is 1. The summed E-state index contributed by atoms with van der Waals surface area (Å²) in [6, 6.07) is 4.78. The summed E-state index contributed by atoms with van der Waals surface area (Å²) in [6.07, 6.45) is 1.43. The van der Waals surface area contributed by atoms with E-state index in [1.807, 2.05) is 26.8 Å². The zero-order valence-electron chi connectivity index (χ0n) is 12.6. The summed E-state index contributed by atoms with van der Waals surface area (Å²) >= 11 is 0. The van der Waals surface area contributed by atoms with Crippen LogP contribution >= 0.6 is 0 Å². The van der Waals surface area contributed by atoms with Crippen LogP contribution in [0.2, 0.25) is 0 Å². The second-order valence-corrected chi connectivity index (χ2v) is 5.85. The van der Waals surface area contributed by atoms with Crippen molar-refractivity contribution in [1.29, 1.82) is 0 Å². The number of rotatable bonds is 2. The summed E-state index contributed by atoms with van der Waals surface area (Å²) in [7, 11) is 1.56. The summed E-state index contributed by atoms with van der Waals surface area (Å²) < 4.78 is 6.71. The molecule has 0 radical (unpaired) electrons. The van der Waals surface area contributed by atoms with E-state index in [4.69, 9.17) is 10.5 Å². The van der Waals surface area contributed by atoms with Gasteiger partial charge in [-0.3, -0.25) is 14.3 Å². The molecule has 0 atom stereocenters. The van der Waals surface area contributed by atoms with Crippen LogP contribution in [0.3, 0.4) is 0 Å². The smallest absolute Gasteiger partial charge is 0.332 e. The largest absolute Gasteiger partial charge is 0.494 e. The van der Waals surface area contributed by atoms with Crippen molar-refractivity contribution >= 4 is 5.69 Å². The van der Waals surface area contributed by atoms with Crippen molar-refractivity contribution in [1.82, 2.24) is 9.55 Å². The van der Waals surface area contributed by atoms with E-state index in [0.717, 1.165) is 5.56 Å². The molecular formula is C15H19N3O3. The topological polar surface area (TPSA) is 90.1 Å². The lowest BCUT2D eigenvalue weighted by Gasteiger charge is -2.24. The van der Waals surface area contributed by atoms with Crippen molar-refractivity contribution in [3.63, 3.8) is 0 Å². The molecule has 0 fully saturated rings. The second kappa shape index (κ2) is 5.12. The first-order valence-corrected chi connectivity index (χ1v) is 6.54. The number of nitrogens with one attached hydrogen (secondary N) is 1. The van der Waals surface area contributed by atoms with Crippen molar-refractivity contribution in [3.05, 3.63) is 50.8 Å². The lowest BCUT2D eigenvalue weighted by atomic mass is 9.85. The van der Waals surface area contributed by atoms with Crippen LogP contribution in [0.5, 0.6) is 5.75 Å². The van der Waals surface area contributed by atoms with E-state index in [1.54, 1.807) is 13.2 Å². The average Bonchev–Trinajstić information content (AvgIpc) is 2.36. The van der Waals surface area contributed by atoms with E-state index in [2.05, 4.69) is 4.98 Å². The van der Waals surface area contributed by atoms with Gasteiger partial charge in [0.2, 0.25) is 0 Å². The van der Waals surface area contributed by atoms with Crippen LogP contribution in [-0.2, 0) is 5.41 Å². The number of aromatic amines is 1. The van der Waals surface area contributed by atoms with Gasteiger partial charge >= 0.3 is 5.69 Å². The number of ether oxygens (including phenoxy) is 1. The first-order chi connectivity index (χ1) is 9.74. The number of nitrogen functional groups attached to an aromatic ring is 1. The summed E-state index contributed by atoms with van der Waals surface area (Å²) in [5, 5.41) is 0. The predicted molar refractivity (Wildman–Crippen MR) is 82.3 cm³/mol. The molecule has 0 aliphatic carbocycles. The number of aromatic nitrogens is 2. The summed E-state index contributed by atoms with van der Waals surface area (Å²) in [5.41, 5.74) is 6.80. The Labute approximate surface area is 122 Å². The minimum atomic E-state index is -0.507. The fraction of sp³-hybridized carbons (Fsp3) is 0.333. The highest BCUT2D eigenvalue weighted by Gasteiger charge is 2.22. The zero-order chi connectivity index (χ0) is 15.8. The van der Waals surface area contributed by atoms with Gasteiger partial charge < -0.3 is 10.5 Å². The van der Waals surface area contributed by atoms with Gasteiger partial charge in [-0.25, -0.2) is 4.79 Å². The summed E-state index contributed by atoms with van der Waals surface area (Å²) in [5.74, 6) is 0.601. The molecule has 1 aromatic heterocycles. The molecule has 6 nitrogen and oxygen atoms in total. The predicted octanol–water partition coefficient (Wildman–Crippen LogP) is 1.41. The van der Waals surface area contributed by atoms with Crippen molar-refractivity contribution < 1.29 is 4.74 Å². The van der Waals surface area contributed by atoms with Gasteiger partial charge in [0, 0.05) is 17.8 Å². The van der Waals surface area contributed by atoms with Crippen LogP contribution in [0.15, 0.2) is 34.0 Å². The van der Waals surface area contributed by atoms with E-state index >= 15 is 0 Å². The Morgan fingerprint density at radius 1 is 1.24 bits per heavy atom. The van der Waals surface area contributed by atoms with E-state index in [0.29, 0.717) is 17.1 Å². The number of hydrogen-bond donors (Lipinski definition) is 2. The Morgan fingerprint density at radius 3 is 2.43 bits per heavy atom. The van der Waals surface area contributed by atoms with E-state index in [9.17, 15) is 9.59 Å². The molecule has 0 unspecified atom stereocenters. The molecule has 112 valence electrons. The second-order valence-electron chi connectivity index (χ2n) is 5.85. The van der Waals surface area contributed by atoms with E-state index < -0.39 is 11.2 Å². The standard InChI is InChI=1S/C15H19N3O3/c1-15(2,3)10-7-9(8-11(16)13(10)21-4)18-6-5-12(19)17-14(18)20/h5-8H,16H2,1-4H3,(H,17,19,20). The third-order valence-electron chi connectivity index (χ3n) is 3.22. The minimum absolute atomic E-state index is 0.207. The SMILES string of the molecule is COc1c(N)cc(-n2ccc(=O)[nH]c2=O)cc1C(C)(C)C. The monoisotopic (exact) mass is 289 g/mol. The van der Waals surface area contributed by atoms with Gasteiger partial charge in [-0.1, -0.05) is 20.8 Å². The van der Waals surface area contributed by atoms with Crippen LogP contribution in [0.4, 0.5) is 5.69 Å². The molecule has 0 spiro atoms. The summed E-state index contributed by atoms with van der Waals surface area (Å²) in [6.45, 7) is 6.09. The van der Waals surface area contributed by atoms with E-state index in [1.165, 1.54) is 16.8 Å². The number of benzene rings is 1. The normalized spacial score (nSPS) is 11.4. The van der Waals surface area contributed by atoms with Gasteiger partial charge in [0.1, 0.15) is 5.75 Å². The Kier molecular flexibility index (Phi) is 3.63. The molecule has 1 aromatic carbocycles. The minimum Gasteiger partial charge on any atom is -0.494 e. The zero-order valence-corrected chi connectivity index (χ0v) is 12.6. The number of H-pyrrole nitrogens is 1. The van der Waals surface area contributed by atoms with Crippen LogP contribution in [-0.4, -0.2) is 16.7 Å². The van der Waals surface area contributed by atoms with Gasteiger partial charge in [0.05, 0.1) is 18.5 Å². The molecule has 0 aliphatic heterocycles. The highest BCUT2D eigenvalue weighted by atomic mass is 16.5. The van der Waals surface area contributed by atoms with Crippen molar-refractivity contribution in [3.8, 4) is 11.4 Å². The first kappa shape index (κ1) is 14.9. The average molecular weight is 289 g/mol. The third kappa shape index (κ3) is 2.84. The number of methoxy groups -OCH3 is 1. The molecule has 0 saturated carbocycles. The lowest BCUT2D eigenvalue weighted by molar-refractivity contribution is 0.399. The Balaban J connectivity index is 2.75. The molecule has 0 saturated heterocycles. The maximum absolute atomic E-state index is 11.9. The van der Waals surface area contributed by atoms with Crippen molar-refractivity contribution in [2.45, 2.75) is 26.2 Å². The molecule has 0 bridgehead atoms. The number of anilines is 1. The maximum Gasteiger partial charge on any atom is 0.332 e. The molecule has 0 aliphatic rings. The fourth-order valence-electron chi connectivity index (χ4n) is 2.18. The van der Waals surface area contributed by atoms with Gasteiger partial charge in [-0.2, -0.15) is 0 Å². The molecule has 1 heterocycles. The molecule has 3 N–H and O–H groups in total. The molecule has 21 heavy (non-hydrogen) atoms. The fourth-order valence-corrected chi connectivity index (χ4v) is 2.18. The first-order valence-electron chi connectivity index (χ1n) is 6.54. The molecule has 0 amide bonds. The highest BCUT2D eigenvalue weighted by molar-refractivity contribution is 5.64. The van der Waals surface area contributed by atoms with Crippen molar-refractivity contribution in [2.24, 2.45) is 0 Å². The van der Waals surface area contributed by atoms with Gasteiger partial charge in [0.25, 0.3) is 5.56 Å². The maximum atomic E-state index is 11.9. The van der Waals surface area contributed by atoms with Crippen LogP contribution in [0, 0.1) is 0 Å².